The number of H-pyrrole nitrogens is 1. The first-order chi connectivity index (χ1) is 17.8. The number of carbonyl (C=O) groups excluding carboxylic acids is 1. The fourth-order valence-electron chi connectivity index (χ4n) is 4.14. The number of aromatic nitrogens is 4. The molecule has 1 fully saturated rings. The van der Waals surface area contributed by atoms with Gasteiger partial charge in [0.2, 0.25) is 18.1 Å². The van der Waals surface area contributed by atoms with Crippen molar-refractivity contribution in [1.82, 2.24) is 24.8 Å². The zero-order valence-electron chi connectivity index (χ0n) is 20.7. The molecule has 3 heterocycles. The van der Waals surface area contributed by atoms with Crippen LogP contribution >= 0.6 is 0 Å². The largest absolute Gasteiger partial charge is 0.348 e. The first-order valence-electron chi connectivity index (χ1n) is 11.8. The van der Waals surface area contributed by atoms with E-state index in [1.54, 1.807) is 38.5 Å². The molecule has 9 nitrogen and oxygen atoms in total. The summed E-state index contributed by atoms with van der Waals surface area (Å²) in [5.41, 5.74) is 2.49. The molecule has 1 aliphatic heterocycles. The molecule has 2 aromatic heterocycles. The van der Waals surface area contributed by atoms with Crippen LogP contribution in [0.25, 0.3) is 22.6 Å². The van der Waals surface area contributed by atoms with E-state index in [0.29, 0.717) is 34.4 Å². The minimum atomic E-state index is -0.806. The molecule has 0 spiro atoms. The predicted octanol–water partition coefficient (Wildman–Crippen LogP) is 4.56. The number of anilines is 2. The maximum absolute atomic E-state index is 13.6. The van der Waals surface area contributed by atoms with Gasteiger partial charge in [0.05, 0.1) is 35.7 Å². The standard InChI is InChI=1S/C27H27FN6O3/c1-27(25(35)34(2)3)15-36-24(37-16-27)23-32-21(17-9-11-18(28)12-10-17)22(33-23)20-13-14-29-26(31-20)30-19-7-5-4-6-8-19/h4-14,24H,15-16H2,1-3H3,(H,32,33)(H,29,30,31). The van der Waals surface area contributed by atoms with Gasteiger partial charge in [0, 0.05) is 31.5 Å². The first-order valence-corrected chi connectivity index (χ1v) is 11.8. The topological polar surface area (TPSA) is 105 Å². The number of hydrogen-bond donors (Lipinski definition) is 2. The fourth-order valence-corrected chi connectivity index (χ4v) is 4.14. The molecule has 0 aliphatic carbocycles. The summed E-state index contributed by atoms with van der Waals surface area (Å²) in [5, 5.41) is 3.19. The van der Waals surface area contributed by atoms with Crippen molar-refractivity contribution in [2.24, 2.45) is 5.41 Å². The predicted molar refractivity (Wildman–Crippen MR) is 136 cm³/mol. The van der Waals surface area contributed by atoms with Gasteiger partial charge in [0.25, 0.3) is 0 Å². The Morgan fingerprint density at radius 1 is 1.05 bits per heavy atom. The van der Waals surface area contributed by atoms with Crippen LogP contribution in [0.2, 0.25) is 0 Å². The molecule has 2 N–H and O–H groups in total. The van der Waals surface area contributed by atoms with Crippen molar-refractivity contribution in [2.75, 3.05) is 32.6 Å². The van der Waals surface area contributed by atoms with Crippen LogP contribution in [0.5, 0.6) is 0 Å². The number of amides is 1. The van der Waals surface area contributed by atoms with E-state index in [4.69, 9.17) is 14.5 Å². The summed E-state index contributed by atoms with van der Waals surface area (Å²) in [6.07, 6.45) is 0.841. The van der Waals surface area contributed by atoms with Gasteiger partial charge in [-0.05, 0) is 49.4 Å². The molecule has 1 saturated heterocycles. The Bertz CT molecular complexity index is 1380. The molecule has 0 atom stereocenters. The Hall–Kier alpha value is -4.15. The number of halogens is 1. The van der Waals surface area contributed by atoms with E-state index in [9.17, 15) is 9.18 Å². The number of rotatable bonds is 6. The number of carbonyl (C=O) groups is 1. The van der Waals surface area contributed by atoms with Crippen LogP contribution in [0.3, 0.4) is 0 Å². The summed E-state index contributed by atoms with van der Waals surface area (Å²) >= 11 is 0. The van der Waals surface area contributed by atoms with Crippen molar-refractivity contribution < 1.29 is 18.7 Å². The van der Waals surface area contributed by atoms with E-state index in [-0.39, 0.29) is 24.9 Å². The fraction of sp³-hybridized carbons (Fsp3) is 0.259. The molecule has 0 unspecified atom stereocenters. The maximum Gasteiger partial charge on any atom is 0.232 e. The summed E-state index contributed by atoms with van der Waals surface area (Å²) in [6, 6.07) is 17.4. The minimum Gasteiger partial charge on any atom is -0.348 e. The molecule has 0 saturated carbocycles. The summed E-state index contributed by atoms with van der Waals surface area (Å²) < 4.78 is 25.5. The van der Waals surface area contributed by atoms with E-state index in [0.717, 1.165) is 5.69 Å². The number of benzene rings is 2. The lowest BCUT2D eigenvalue weighted by atomic mass is 9.90. The third-order valence-electron chi connectivity index (χ3n) is 6.03. The van der Waals surface area contributed by atoms with Crippen LogP contribution in [-0.4, -0.2) is 58.1 Å². The zero-order chi connectivity index (χ0) is 26.0. The van der Waals surface area contributed by atoms with Crippen LogP contribution in [0.1, 0.15) is 19.0 Å². The molecule has 5 rings (SSSR count). The van der Waals surface area contributed by atoms with E-state index in [1.165, 1.54) is 17.0 Å². The van der Waals surface area contributed by atoms with Gasteiger partial charge in [-0.3, -0.25) is 4.79 Å². The number of para-hydroxylation sites is 1. The highest BCUT2D eigenvalue weighted by Gasteiger charge is 2.41. The molecule has 1 aliphatic rings. The van der Waals surface area contributed by atoms with Crippen LogP contribution in [-0.2, 0) is 14.3 Å². The number of nitrogens with zero attached hydrogens (tertiary/aromatic N) is 4. The van der Waals surface area contributed by atoms with Gasteiger partial charge >= 0.3 is 0 Å². The minimum absolute atomic E-state index is 0.0717. The molecule has 190 valence electrons. The molecule has 1 amide bonds. The zero-order valence-corrected chi connectivity index (χ0v) is 20.7. The smallest absolute Gasteiger partial charge is 0.232 e. The number of ether oxygens (including phenoxy) is 2. The molecule has 37 heavy (non-hydrogen) atoms. The Morgan fingerprint density at radius 2 is 1.76 bits per heavy atom. The highest BCUT2D eigenvalue weighted by atomic mass is 19.1. The van der Waals surface area contributed by atoms with Crippen LogP contribution in [0, 0.1) is 11.2 Å². The second kappa shape index (κ2) is 10.1. The molecule has 0 bridgehead atoms. The second-order valence-corrected chi connectivity index (χ2v) is 9.32. The molecular weight excluding hydrogens is 475 g/mol. The van der Waals surface area contributed by atoms with Crippen LogP contribution < -0.4 is 5.32 Å². The lowest BCUT2D eigenvalue weighted by Crippen LogP contribution is -2.48. The second-order valence-electron chi connectivity index (χ2n) is 9.32. The molecular formula is C27H27FN6O3. The van der Waals surface area contributed by atoms with Gasteiger partial charge in [-0.2, -0.15) is 0 Å². The SMILES string of the molecule is CN(C)C(=O)C1(C)COC(c2nc(-c3ccc(F)cc3)c(-c3ccnc(Nc4ccccc4)n3)[nH]2)OC1. The summed E-state index contributed by atoms with van der Waals surface area (Å²) in [4.78, 5) is 31.1. The molecule has 10 heteroatoms. The summed E-state index contributed by atoms with van der Waals surface area (Å²) in [5.74, 6) is 0.414. The maximum atomic E-state index is 13.6. The van der Waals surface area contributed by atoms with Gasteiger partial charge in [0.1, 0.15) is 5.82 Å². The molecule has 0 radical (unpaired) electrons. The summed E-state index contributed by atoms with van der Waals surface area (Å²) in [6.45, 7) is 2.16. The highest BCUT2D eigenvalue weighted by Crippen LogP contribution is 2.36. The van der Waals surface area contributed by atoms with Crippen molar-refractivity contribution in [2.45, 2.75) is 13.2 Å². The molecule has 2 aromatic carbocycles. The quantitative estimate of drug-likeness (QED) is 0.398. The van der Waals surface area contributed by atoms with E-state index in [2.05, 4.69) is 20.3 Å². The van der Waals surface area contributed by atoms with Crippen molar-refractivity contribution in [3.63, 3.8) is 0 Å². The number of hydrogen-bond acceptors (Lipinski definition) is 7. The number of imidazole rings is 1. The van der Waals surface area contributed by atoms with Gasteiger partial charge in [0.15, 0.2) is 5.82 Å². The van der Waals surface area contributed by atoms with E-state index in [1.807, 2.05) is 37.3 Å². The average molecular weight is 503 g/mol. The highest BCUT2D eigenvalue weighted by molar-refractivity contribution is 5.82. The third-order valence-corrected chi connectivity index (χ3v) is 6.03. The monoisotopic (exact) mass is 502 g/mol. The van der Waals surface area contributed by atoms with Crippen molar-refractivity contribution in [3.05, 3.63) is 78.5 Å². The van der Waals surface area contributed by atoms with Gasteiger partial charge < -0.3 is 24.7 Å². The van der Waals surface area contributed by atoms with Gasteiger partial charge in [-0.25, -0.2) is 19.3 Å². The van der Waals surface area contributed by atoms with Crippen LogP contribution in [0.15, 0.2) is 66.9 Å². The Labute approximate surface area is 213 Å². The lowest BCUT2D eigenvalue weighted by molar-refractivity contribution is -0.233. The van der Waals surface area contributed by atoms with Gasteiger partial charge in [-0.1, -0.05) is 18.2 Å². The molecule has 4 aromatic rings. The first kappa shape index (κ1) is 24.5. The third kappa shape index (κ3) is 5.20. The van der Waals surface area contributed by atoms with E-state index >= 15 is 0 Å². The number of nitrogens with one attached hydrogen (secondary N) is 2. The van der Waals surface area contributed by atoms with Crippen molar-refractivity contribution in [1.29, 1.82) is 0 Å². The lowest BCUT2D eigenvalue weighted by Gasteiger charge is -2.36. The normalized spacial score (nSPS) is 19.4. The Morgan fingerprint density at radius 3 is 2.43 bits per heavy atom. The van der Waals surface area contributed by atoms with Crippen molar-refractivity contribution >= 4 is 17.5 Å². The van der Waals surface area contributed by atoms with Crippen LogP contribution in [0.4, 0.5) is 16.0 Å². The average Bonchev–Trinajstić information content (AvgIpc) is 3.35. The van der Waals surface area contributed by atoms with Gasteiger partial charge in [-0.15, -0.1) is 0 Å². The van der Waals surface area contributed by atoms with E-state index < -0.39 is 11.7 Å². The Kier molecular flexibility index (Phi) is 6.68. The number of aromatic amines is 1. The Balaban J connectivity index is 1.47. The van der Waals surface area contributed by atoms with Crippen molar-refractivity contribution in [3.8, 4) is 22.6 Å². The summed E-state index contributed by atoms with van der Waals surface area (Å²) in [7, 11) is 3.41.